The number of nitrogens with one attached hydrogen (secondary N) is 2. The molecule has 0 unspecified atom stereocenters. The van der Waals surface area contributed by atoms with Gasteiger partial charge in [-0.3, -0.25) is 9.59 Å². The molecule has 0 atom stereocenters. The first-order valence-electron chi connectivity index (χ1n) is 8.64. The summed E-state index contributed by atoms with van der Waals surface area (Å²) in [5, 5.41) is 5.41. The minimum atomic E-state index is -0.499. The predicted octanol–water partition coefficient (Wildman–Crippen LogP) is 4.01. The van der Waals surface area contributed by atoms with Crippen LogP contribution in [-0.2, 0) is 4.79 Å². The van der Waals surface area contributed by atoms with Gasteiger partial charge in [0.25, 0.3) is 11.8 Å². The van der Waals surface area contributed by atoms with Crippen LogP contribution in [0.3, 0.4) is 0 Å². The number of aryl methyl sites for hydroxylation is 1. The second-order valence-electron chi connectivity index (χ2n) is 6.05. The molecule has 0 aliphatic heterocycles. The van der Waals surface area contributed by atoms with Gasteiger partial charge in [0.2, 0.25) is 0 Å². The highest BCUT2D eigenvalue weighted by Gasteiger charge is 2.17. The van der Waals surface area contributed by atoms with E-state index in [1.54, 1.807) is 48.5 Å². The number of para-hydroxylation sites is 2. The number of carbonyl (C=O) groups is 2. The fourth-order valence-electron chi connectivity index (χ4n) is 2.51. The van der Waals surface area contributed by atoms with Gasteiger partial charge in [0, 0.05) is 11.6 Å². The molecule has 0 aliphatic carbocycles. The smallest absolute Gasteiger partial charge is 0.272 e. The van der Waals surface area contributed by atoms with Crippen molar-refractivity contribution in [3.8, 4) is 5.75 Å². The molecule has 0 saturated heterocycles. The maximum Gasteiger partial charge on any atom is 0.272 e. The molecular formula is C22H20N2O4. The molecule has 0 spiro atoms. The molecular weight excluding hydrogens is 356 g/mol. The zero-order valence-electron chi connectivity index (χ0n) is 15.6. The minimum Gasteiger partial charge on any atom is -0.495 e. The van der Waals surface area contributed by atoms with Crippen molar-refractivity contribution in [1.82, 2.24) is 5.32 Å². The number of ether oxygens (including phenoxy) is 1. The summed E-state index contributed by atoms with van der Waals surface area (Å²) in [6, 6.07) is 17.5. The van der Waals surface area contributed by atoms with Crippen LogP contribution in [0.15, 0.2) is 77.0 Å². The van der Waals surface area contributed by atoms with Crippen molar-refractivity contribution in [2.24, 2.45) is 0 Å². The largest absolute Gasteiger partial charge is 0.495 e. The van der Waals surface area contributed by atoms with Gasteiger partial charge >= 0.3 is 0 Å². The molecule has 0 radical (unpaired) electrons. The summed E-state index contributed by atoms with van der Waals surface area (Å²) in [6.07, 6.45) is 2.96. The maximum atomic E-state index is 12.8. The standard InChI is InChI=1S/C22H20N2O4/c1-15-9-11-16(12-10-15)21(25)24-19(14-17-6-5-13-28-17)22(26)23-18-7-3-4-8-20(18)27-2/h3-14H,1-2H3,(H,23,26)(H,24,25)/b19-14-. The summed E-state index contributed by atoms with van der Waals surface area (Å²) in [6.45, 7) is 1.94. The second-order valence-corrected chi connectivity index (χ2v) is 6.05. The van der Waals surface area contributed by atoms with E-state index in [2.05, 4.69) is 10.6 Å². The van der Waals surface area contributed by atoms with Crippen LogP contribution >= 0.6 is 0 Å². The molecule has 0 bridgehead atoms. The fourth-order valence-corrected chi connectivity index (χ4v) is 2.51. The lowest BCUT2D eigenvalue weighted by atomic mass is 10.1. The average molecular weight is 376 g/mol. The van der Waals surface area contributed by atoms with Crippen LogP contribution in [0.1, 0.15) is 21.7 Å². The predicted molar refractivity (Wildman–Crippen MR) is 107 cm³/mol. The van der Waals surface area contributed by atoms with Gasteiger partial charge in [-0.15, -0.1) is 0 Å². The van der Waals surface area contributed by atoms with E-state index in [1.807, 2.05) is 19.1 Å². The highest BCUT2D eigenvalue weighted by molar-refractivity contribution is 6.11. The van der Waals surface area contributed by atoms with Gasteiger partial charge < -0.3 is 19.8 Å². The number of anilines is 1. The number of amides is 2. The van der Waals surface area contributed by atoms with E-state index in [-0.39, 0.29) is 5.70 Å². The van der Waals surface area contributed by atoms with E-state index >= 15 is 0 Å². The van der Waals surface area contributed by atoms with Crippen molar-refractivity contribution in [3.63, 3.8) is 0 Å². The summed E-state index contributed by atoms with van der Waals surface area (Å²) < 4.78 is 10.5. The molecule has 0 saturated carbocycles. The van der Waals surface area contributed by atoms with Gasteiger partial charge in [0.05, 0.1) is 19.1 Å². The van der Waals surface area contributed by atoms with Crippen LogP contribution in [0.2, 0.25) is 0 Å². The molecule has 142 valence electrons. The van der Waals surface area contributed by atoms with Crippen LogP contribution in [0, 0.1) is 6.92 Å². The molecule has 3 rings (SSSR count). The van der Waals surface area contributed by atoms with Crippen LogP contribution in [0.25, 0.3) is 6.08 Å². The van der Waals surface area contributed by atoms with E-state index < -0.39 is 11.8 Å². The molecule has 6 nitrogen and oxygen atoms in total. The zero-order valence-corrected chi connectivity index (χ0v) is 15.6. The lowest BCUT2D eigenvalue weighted by Crippen LogP contribution is -2.30. The van der Waals surface area contributed by atoms with Gasteiger partial charge in [-0.2, -0.15) is 0 Å². The second kappa shape index (κ2) is 8.73. The maximum absolute atomic E-state index is 12.8. The number of hydrogen-bond donors (Lipinski definition) is 2. The highest BCUT2D eigenvalue weighted by atomic mass is 16.5. The molecule has 2 aromatic carbocycles. The molecule has 2 N–H and O–H groups in total. The quantitative estimate of drug-likeness (QED) is 0.637. The Labute approximate surface area is 162 Å². The van der Waals surface area contributed by atoms with Crippen molar-refractivity contribution in [2.75, 3.05) is 12.4 Å². The number of furan rings is 1. The zero-order chi connectivity index (χ0) is 19.9. The SMILES string of the molecule is COc1ccccc1NC(=O)/C(=C/c1ccco1)NC(=O)c1ccc(C)cc1. The van der Waals surface area contributed by atoms with Crippen molar-refractivity contribution in [2.45, 2.75) is 6.92 Å². The highest BCUT2D eigenvalue weighted by Crippen LogP contribution is 2.23. The van der Waals surface area contributed by atoms with Crippen molar-refractivity contribution >= 4 is 23.6 Å². The number of carbonyl (C=O) groups excluding carboxylic acids is 2. The molecule has 0 fully saturated rings. The Morgan fingerprint density at radius 1 is 1.00 bits per heavy atom. The summed E-state index contributed by atoms with van der Waals surface area (Å²) in [5.74, 6) is 0.0572. The average Bonchev–Trinajstić information content (AvgIpc) is 3.21. The van der Waals surface area contributed by atoms with Crippen molar-refractivity contribution < 1.29 is 18.7 Å². The van der Waals surface area contributed by atoms with E-state index in [9.17, 15) is 9.59 Å². The summed E-state index contributed by atoms with van der Waals surface area (Å²) in [5.41, 5.74) is 2.02. The molecule has 6 heteroatoms. The Bertz CT molecular complexity index is 990. The third kappa shape index (κ3) is 4.67. The number of hydrogen-bond acceptors (Lipinski definition) is 4. The van der Waals surface area contributed by atoms with E-state index in [0.29, 0.717) is 22.8 Å². The lowest BCUT2D eigenvalue weighted by molar-refractivity contribution is -0.113. The minimum absolute atomic E-state index is 0.0476. The number of benzene rings is 2. The molecule has 3 aromatic rings. The van der Waals surface area contributed by atoms with E-state index in [4.69, 9.17) is 9.15 Å². The van der Waals surface area contributed by atoms with E-state index in [0.717, 1.165) is 5.56 Å². The third-order valence-corrected chi connectivity index (χ3v) is 3.99. The molecule has 28 heavy (non-hydrogen) atoms. The van der Waals surface area contributed by atoms with Crippen LogP contribution in [0.4, 0.5) is 5.69 Å². The molecule has 1 heterocycles. The number of methoxy groups -OCH3 is 1. The lowest BCUT2D eigenvalue weighted by Gasteiger charge is -2.13. The van der Waals surface area contributed by atoms with E-state index in [1.165, 1.54) is 19.4 Å². The van der Waals surface area contributed by atoms with Gasteiger partial charge in [-0.05, 0) is 43.3 Å². The topological polar surface area (TPSA) is 80.6 Å². The Morgan fingerprint density at radius 2 is 1.75 bits per heavy atom. The van der Waals surface area contributed by atoms with Crippen LogP contribution in [-0.4, -0.2) is 18.9 Å². The van der Waals surface area contributed by atoms with Gasteiger partial charge in [-0.1, -0.05) is 29.8 Å². The van der Waals surface area contributed by atoms with Gasteiger partial charge in [0.15, 0.2) is 0 Å². The Hall–Kier alpha value is -3.80. The first-order valence-corrected chi connectivity index (χ1v) is 8.64. The molecule has 0 aliphatic rings. The molecule has 1 aromatic heterocycles. The Kier molecular flexibility index (Phi) is 5.91. The van der Waals surface area contributed by atoms with Crippen molar-refractivity contribution in [3.05, 3.63) is 89.5 Å². The first-order chi connectivity index (χ1) is 13.6. The summed E-state index contributed by atoms with van der Waals surface area (Å²) in [7, 11) is 1.52. The monoisotopic (exact) mass is 376 g/mol. The normalized spacial score (nSPS) is 11.0. The van der Waals surface area contributed by atoms with Crippen LogP contribution in [0.5, 0.6) is 5.75 Å². The Morgan fingerprint density at radius 3 is 2.43 bits per heavy atom. The van der Waals surface area contributed by atoms with Gasteiger partial charge in [-0.25, -0.2) is 0 Å². The third-order valence-electron chi connectivity index (χ3n) is 3.99. The Balaban J connectivity index is 1.85. The summed E-state index contributed by atoms with van der Waals surface area (Å²) in [4.78, 5) is 25.4. The fraction of sp³-hybridized carbons (Fsp3) is 0.0909. The molecule has 2 amide bonds. The van der Waals surface area contributed by atoms with Crippen LogP contribution < -0.4 is 15.4 Å². The summed E-state index contributed by atoms with van der Waals surface area (Å²) >= 11 is 0. The first kappa shape index (κ1) is 19.0. The van der Waals surface area contributed by atoms with Gasteiger partial charge in [0.1, 0.15) is 17.2 Å². The number of rotatable bonds is 6. The van der Waals surface area contributed by atoms with Crippen molar-refractivity contribution in [1.29, 1.82) is 0 Å².